The lowest BCUT2D eigenvalue weighted by Crippen LogP contribution is -2.27. The number of ketones is 1. The van der Waals surface area contributed by atoms with Gasteiger partial charge in [0.2, 0.25) is 5.78 Å². The first kappa shape index (κ1) is 18.2. The Bertz CT molecular complexity index is 956. The fraction of sp³-hybridized carbons (Fsp3) is 0.286. The number of carbonyl (C=O) groups excluding carboxylic acids is 3. The van der Waals surface area contributed by atoms with Crippen molar-refractivity contribution in [1.82, 2.24) is 0 Å². The number of halogens is 1. The Balaban J connectivity index is 1.38. The zero-order valence-electron chi connectivity index (χ0n) is 15.1. The number of esters is 1. The molecule has 2 aromatic rings. The monoisotopic (exact) mass is 383 g/mol. The summed E-state index contributed by atoms with van der Waals surface area (Å²) in [6, 6.07) is 10.7. The smallest absolute Gasteiger partial charge is 0.310 e. The summed E-state index contributed by atoms with van der Waals surface area (Å²) in [6.07, 6.45) is -0.339. The molecule has 1 heterocycles. The van der Waals surface area contributed by atoms with E-state index in [9.17, 15) is 18.8 Å². The van der Waals surface area contributed by atoms with Crippen molar-refractivity contribution in [1.29, 1.82) is 0 Å². The summed E-state index contributed by atoms with van der Waals surface area (Å²) in [6.45, 7) is 1.45. The Morgan fingerprint density at radius 1 is 1.21 bits per heavy atom. The lowest BCUT2D eigenvalue weighted by Gasteiger charge is -2.19. The number of ether oxygens (including phenoxy) is 2. The molecule has 0 spiro atoms. The van der Waals surface area contributed by atoms with Gasteiger partial charge in [0.1, 0.15) is 11.6 Å². The fourth-order valence-electron chi connectivity index (χ4n) is 3.32. The summed E-state index contributed by atoms with van der Waals surface area (Å²) in [7, 11) is 0. The third-order valence-corrected chi connectivity index (χ3v) is 4.95. The zero-order chi connectivity index (χ0) is 19.8. The number of anilines is 1. The van der Waals surface area contributed by atoms with Gasteiger partial charge in [-0.2, -0.15) is 0 Å². The van der Waals surface area contributed by atoms with Gasteiger partial charge >= 0.3 is 5.97 Å². The first-order chi connectivity index (χ1) is 13.4. The van der Waals surface area contributed by atoms with Crippen molar-refractivity contribution in [2.45, 2.75) is 25.4 Å². The number of benzene rings is 2. The van der Waals surface area contributed by atoms with E-state index < -0.39 is 12.1 Å². The van der Waals surface area contributed by atoms with Gasteiger partial charge < -0.3 is 14.8 Å². The minimum Gasteiger partial charge on any atom is -0.482 e. The molecule has 1 fully saturated rings. The van der Waals surface area contributed by atoms with Crippen LogP contribution in [0, 0.1) is 11.7 Å². The van der Waals surface area contributed by atoms with E-state index in [0.717, 1.165) is 5.56 Å². The highest BCUT2D eigenvalue weighted by molar-refractivity contribution is 6.03. The van der Waals surface area contributed by atoms with Crippen LogP contribution >= 0.6 is 0 Å². The molecule has 0 unspecified atom stereocenters. The molecule has 7 heteroatoms. The highest BCUT2D eigenvalue weighted by Gasteiger charge is 2.46. The quantitative estimate of drug-likeness (QED) is 0.634. The number of hydrogen-bond acceptors (Lipinski definition) is 5. The Morgan fingerprint density at radius 3 is 2.71 bits per heavy atom. The molecule has 1 aliphatic carbocycles. The molecule has 0 bridgehead atoms. The van der Waals surface area contributed by atoms with Gasteiger partial charge in [-0.3, -0.25) is 14.4 Å². The topological polar surface area (TPSA) is 81.7 Å². The summed E-state index contributed by atoms with van der Waals surface area (Å²) < 4.78 is 23.6. The van der Waals surface area contributed by atoms with E-state index >= 15 is 0 Å². The first-order valence-electron chi connectivity index (χ1n) is 8.99. The molecule has 1 aliphatic heterocycles. The molecule has 6 nitrogen and oxygen atoms in total. The Hall–Kier alpha value is -3.22. The van der Waals surface area contributed by atoms with Crippen LogP contribution in [0.2, 0.25) is 0 Å². The van der Waals surface area contributed by atoms with E-state index in [-0.39, 0.29) is 36.0 Å². The molecule has 2 aromatic carbocycles. The van der Waals surface area contributed by atoms with Gasteiger partial charge in [-0.05, 0) is 55.2 Å². The lowest BCUT2D eigenvalue weighted by atomic mass is 10.1. The van der Waals surface area contributed by atoms with Crippen molar-refractivity contribution in [2.75, 3.05) is 11.9 Å². The summed E-state index contributed by atoms with van der Waals surface area (Å²) in [5.74, 6) is -1.27. The number of fused-ring (bicyclic) bond motifs is 1. The summed E-state index contributed by atoms with van der Waals surface area (Å²) in [5.41, 5.74) is 1.61. The van der Waals surface area contributed by atoms with Crippen LogP contribution in [0.5, 0.6) is 5.75 Å². The third kappa shape index (κ3) is 3.60. The van der Waals surface area contributed by atoms with Crippen molar-refractivity contribution in [2.24, 2.45) is 5.92 Å². The molecule has 3 atom stereocenters. The number of nitrogens with one attached hydrogen (secondary N) is 1. The number of hydrogen-bond donors (Lipinski definition) is 1. The molecule has 1 amide bonds. The van der Waals surface area contributed by atoms with Crippen molar-refractivity contribution in [3.63, 3.8) is 0 Å². The molecule has 0 saturated heterocycles. The molecule has 144 valence electrons. The fourth-order valence-corrected chi connectivity index (χ4v) is 3.32. The largest absolute Gasteiger partial charge is 0.482 e. The molecule has 0 aromatic heterocycles. The van der Waals surface area contributed by atoms with E-state index in [1.165, 1.54) is 25.1 Å². The number of carbonyl (C=O) groups is 3. The number of Topliss-reactive ketones (excluding diaryl/α,β-unsaturated/α-hetero) is 1. The van der Waals surface area contributed by atoms with Crippen LogP contribution in [-0.2, 0) is 14.3 Å². The highest BCUT2D eigenvalue weighted by atomic mass is 19.1. The maximum atomic E-state index is 13.0. The zero-order valence-corrected chi connectivity index (χ0v) is 15.1. The second-order valence-corrected chi connectivity index (χ2v) is 6.99. The summed E-state index contributed by atoms with van der Waals surface area (Å²) in [4.78, 5) is 36.4. The van der Waals surface area contributed by atoms with Crippen LogP contribution in [-0.4, -0.2) is 30.4 Å². The Kier molecular flexibility index (Phi) is 4.58. The summed E-state index contributed by atoms with van der Waals surface area (Å²) in [5, 5.41) is 2.64. The average Bonchev–Trinajstić information content (AvgIpc) is 3.48. The van der Waals surface area contributed by atoms with Gasteiger partial charge in [0, 0.05) is 5.56 Å². The SMILES string of the molecule is C[C@H](OC(=O)[C@H]1C[C@@H]1c1ccc(F)cc1)C(=O)c1ccc2c(c1)NC(=O)CO2. The summed E-state index contributed by atoms with van der Waals surface area (Å²) >= 11 is 0. The van der Waals surface area contributed by atoms with Gasteiger partial charge in [0.25, 0.3) is 5.91 Å². The van der Waals surface area contributed by atoms with Crippen molar-refractivity contribution >= 4 is 23.3 Å². The first-order valence-corrected chi connectivity index (χ1v) is 8.99. The van der Waals surface area contributed by atoms with E-state index in [2.05, 4.69) is 5.32 Å². The van der Waals surface area contributed by atoms with Gasteiger partial charge in [-0.15, -0.1) is 0 Å². The predicted octanol–water partition coefficient (Wildman–Crippen LogP) is 3.07. The van der Waals surface area contributed by atoms with Crippen LogP contribution < -0.4 is 10.1 Å². The molecular formula is C21H18FNO5. The van der Waals surface area contributed by atoms with E-state index in [1.54, 1.807) is 24.3 Å². The van der Waals surface area contributed by atoms with Gasteiger partial charge in [-0.25, -0.2) is 4.39 Å². The van der Waals surface area contributed by atoms with Crippen molar-refractivity contribution in [3.8, 4) is 5.75 Å². The van der Waals surface area contributed by atoms with Gasteiger partial charge in [0.15, 0.2) is 12.7 Å². The maximum Gasteiger partial charge on any atom is 0.310 e. The van der Waals surface area contributed by atoms with Gasteiger partial charge in [0.05, 0.1) is 11.6 Å². The number of amides is 1. The Labute approximate surface area is 160 Å². The molecule has 0 radical (unpaired) electrons. The van der Waals surface area contributed by atoms with Crippen molar-refractivity contribution < 1.29 is 28.2 Å². The van der Waals surface area contributed by atoms with Crippen LogP contribution in [0.4, 0.5) is 10.1 Å². The van der Waals surface area contributed by atoms with Crippen LogP contribution in [0.15, 0.2) is 42.5 Å². The molecule has 1 saturated carbocycles. The molecular weight excluding hydrogens is 365 g/mol. The van der Waals surface area contributed by atoms with Crippen molar-refractivity contribution in [3.05, 3.63) is 59.4 Å². The normalized spacial score (nSPS) is 21.0. The van der Waals surface area contributed by atoms with E-state index in [0.29, 0.717) is 23.4 Å². The van der Waals surface area contributed by atoms with E-state index in [1.807, 2.05) is 0 Å². The Morgan fingerprint density at radius 2 is 1.96 bits per heavy atom. The molecule has 1 N–H and O–H groups in total. The number of rotatable bonds is 5. The van der Waals surface area contributed by atoms with Crippen LogP contribution in [0.1, 0.15) is 35.2 Å². The van der Waals surface area contributed by atoms with Gasteiger partial charge in [-0.1, -0.05) is 12.1 Å². The molecule has 2 aliphatic rings. The predicted molar refractivity (Wildman–Crippen MR) is 97.7 cm³/mol. The average molecular weight is 383 g/mol. The van der Waals surface area contributed by atoms with E-state index in [4.69, 9.17) is 9.47 Å². The minimum atomic E-state index is -0.958. The second kappa shape index (κ2) is 7.07. The molecule has 28 heavy (non-hydrogen) atoms. The van der Waals surface area contributed by atoms with Crippen LogP contribution in [0.3, 0.4) is 0 Å². The highest BCUT2D eigenvalue weighted by Crippen LogP contribution is 2.48. The maximum absolute atomic E-state index is 13.0. The minimum absolute atomic E-state index is 0.00786. The molecule has 4 rings (SSSR count). The standard InChI is InChI=1S/C21H18FNO5/c1-11(20(25)13-4-7-18-17(8-13)23-19(24)10-27-18)28-21(26)16-9-15(16)12-2-5-14(22)6-3-12/h2-8,11,15-16H,9-10H2,1H3,(H,23,24)/t11-,15+,16-/m0/s1. The van der Waals surface area contributed by atoms with Crippen LogP contribution in [0.25, 0.3) is 0 Å². The third-order valence-electron chi connectivity index (χ3n) is 4.95. The second-order valence-electron chi connectivity index (χ2n) is 6.99. The lowest BCUT2D eigenvalue weighted by molar-refractivity contribution is -0.148.